The van der Waals surface area contributed by atoms with Crippen LogP contribution < -0.4 is 5.32 Å². The van der Waals surface area contributed by atoms with E-state index >= 15 is 0 Å². The van der Waals surface area contributed by atoms with Crippen LogP contribution >= 0.6 is 11.8 Å². The van der Waals surface area contributed by atoms with Crippen LogP contribution in [0, 0.1) is 13.8 Å². The van der Waals surface area contributed by atoms with Gasteiger partial charge in [-0.05, 0) is 37.6 Å². The van der Waals surface area contributed by atoms with Crippen molar-refractivity contribution in [1.82, 2.24) is 19.3 Å². The number of anilines is 1. The van der Waals surface area contributed by atoms with E-state index in [1.54, 1.807) is 7.11 Å². The molecule has 29 heavy (non-hydrogen) atoms. The zero-order valence-corrected chi connectivity index (χ0v) is 18.1. The molecule has 1 N–H and O–H groups in total. The topological polar surface area (TPSA) is 74.0 Å². The number of nitrogens with zero attached hydrogens (tertiary/aromatic N) is 4. The second kappa shape index (κ2) is 9.76. The van der Waals surface area contributed by atoms with E-state index in [0.717, 1.165) is 27.9 Å². The molecule has 0 bridgehead atoms. The molecule has 3 rings (SSSR count). The van der Waals surface area contributed by atoms with Gasteiger partial charge in [-0.15, -0.1) is 10.2 Å². The van der Waals surface area contributed by atoms with Crippen LogP contribution in [-0.4, -0.2) is 44.7 Å². The van der Waals surface area contributed by atoms with Crippen LogP contribution in [0.1, 0.15) is 22.6 Å². The standard InChI is InChI=1S/C21H27N5O2S/c1-15-7-8-18(16(2)12-15)22-20(27)14-29-21-24-23-19(26(21)10-11-28-4)13-17-6-5-9-25(17)3/h5-9,12H,10-11,13-14H2,1-4H3,(H,22,27). The van der Waals surface area contributed by atoms with E-state index in [4.69, 9.17) is 4.74 Å². The van der Waals surface area contributed by atoms with Gasteiger partial charge in [0.25, 0.3) is 0 Å². The number of benzene rings is 1. The lowest BCUT2D eigenvalue weighted by molar-refractivity contribution is -0.113. The van der Waals surface area contributed by atoms with Gasteiger partial charge < -0.3 is 19.2 Å². The quantitative estimate of drug-likeness (QED) is 0.545. The number of nitrogens with one attached hydrogen (secondary N) is 1. The third kappa shape index (κ3) is 5.48. The minimum atomic E-state index is -0.0628. The molecule has 1 aromatic carbocycles. The molecule has 1 amide bonds. The molecule has 0 saturated heterocycles. The lowest BCUT2D eigenvalue weighted by Crippen LogP contribution is -2.16. The maximum atomic E-state index is 12.4. The molecule has 154 valence electrons. The van der Waals surface area contributed by atoms with Crippen molar-refractivity contribution in [3.05, 3.63) is 59.2 Å². The maximum absolute atomic E-state index is 12.4. The summed E-state index contributed by atoms with van der Waals surface area (Å²) in [5, 5.41) is 12.4. The van der Waals surface area contributed by atoms with Crippen LogP contribution in [0.2, 0.25) is 0 Å². The van der Waals surface area contributed by atoms with E-state index < -0.39 is 0 Å². The van der Waals surface area contributed by atoms with Crippen LogP contribution in [-0.2, 0) is 29.5 Å². The van der Waals surface area contributed by atoms with Gasteiger partial charge in [0.15, 0.2) is 5.16 Å². The Morgan fingerprint density at radius 3 is 2.76 bits per heavy atom. The van der Waals surface area contributed by atoms with Gasteiger partial charge in [-0.2, -0.15) is 0 Å². The Morgan fingerprint density at radius 1 is 1.24 bits per heavy atom. The molecular formula is C21H27N5O2S. The Bertz CT molecular complexity index is 979. The molecule has 0 atom stereocenters. The van der Waals surface area contributed by atoms with Crippen LogP contribution in [0.3, 0.4) is 0 Å². The third-order valence-electron chi connectivity index (χ3n) is 4.69. The lowest BCUT2D eigenvalue weighted by atomic mass is 10.1. The predicted molar refractivity (Wildman–Crippen MR) is 115 cm³/mol. The molecule has 0 saturated carbocycles. The monoisotopic (exact) mass is 413 g/mol. The van der Waals surface area contributed by atoms with Crippen LogP contribution in [0.25, 0.3) is 0 Å². The normalized spacial score (nSPS) is 11.0. The molecule has 0 aliphatic carbocycles. The first kappa shape index (κ1) is 21.1. The van der Waals surface area contributed by atoms with Crippen molar-refractivity contribution >= 4 is 23.4 Å². The summed E-state index contributed by atoms with van der Waals surface area (Å²) in [5.74, 6) is 1.07. The molecule has 0 aliphatic rings. The highest BCUT2D eigenvalue weighted by Gasteiger charge is 2.16. The zero-order valence-electron chi connectivity index (χ0n) is 17.3. The summed E-state index contributed by atoms with van der Waals surface area (Å²) >= 11 is 1.39. The maximum Gasteiger partial charge on any atom is 0.234 e. The van der Waals surface area contributed by atoms with Gasteiger partial charge in [0.05, 0.1) is 12.4 Å². The number of ether oxygens (including phenoxy) is 1. The summed E-state index contributed by atoms with van der Waals surface area (Å²) in [7, 11) is 3.68. The van der Waals surface area contributed by atoms with Crippen molar-refractivity contribution in [3.63, 3.8) is 0 Å². The summed E-state index contributed by atoms with van der Waals surface area (Å²) in [6.07, 6.45) is 2.69. The number of methoxy groups -OCH3 is 1. The minimum absolute atomic E-state index is 0.0628. The van der Waals surface area contributed by atoms with Crippen molar-refractivity contribution in [1.29, 1.82) is 0 Å². The summed E-state index contributed by atoms with van der Waals surface area (Å²) in [4.78, 5) is 12.4. The van der Waals surface area contributed by atoms with Gasteiger partial charge in [-0.25, -0.2) is 0 Å². The number of thioether (sulfide) groups is 1. The molecule has 7 nitrogen and oxygen atoms in total. The molecule has 2 aromatic heterocycles. The predicted octanol–water partition coefficient (Wildman–Crippen LogP) is 3.20. The minimum Gasteiger partial charge on any atom is -0.383 e. The van der Waals surface area contributed by atoms with Crippen molar-refractivity contribution in [3.8, 4) is 0 Å². The Morgan fingerprint density at radius 2 is 2.07 bits per heavy atom. The first-order chi connectivity index (χ1) is 14.0. The zero-order chi connectivity index (χ0) is 20.8. The first-order valence-electron chi connectivity index (χ1n) is 9.49. The Hall–Kier alpha value is -2.58. The molecule has 0 fully saturated rings. The molecule has 0 radical (unpaired) electrons. The number of hydrogen-bond donors (Lipinski definition) is 1. The van der Waals surface area contributed by atoms with Crippen molar-refractivity contribution < 1.29 is 9.53 Å². The Labute approximate surface area is 175 Å². The summed E-state index contributed by atoms with van der Waals surface area (Å²) < 4.78 is 9.34. The third-order valence-corrected chi connectivity index (χ3v) is 5.66. The second-order valence-electron chi connectivity index (χ2n) is 6.99. The van der Waals surface area contributed by atoms with Crippen LogP contribution in [0.5, 0.6) is 0 Å². The summed E-state index contributed by atoms with van der Waals surface area (Å²) in [6.45, 7) is 5.23. The number of amides is 1. The molecule has 3 aromatic rings. The lowest BCUT2D eigenvalue weighted by Gasteiger charge is -2.11. The average Bonchev–Trinajstić information content (AvgIpc) is 3.27. The highest BCUT2D eigenvalue weighted by atomic mass is 32.2. The van der Waals surface area contributed by atoms with Gasteiger partial charge in [0, 0.05) is 44.7 Å². The highest BCUT2D eigenvalue weighted by Crippen LogP contribution is 2.21. The fourth-order valence-electron chi connectivity index (χ4n) is 3.08. The smallest absolute Gasteiger partial charge is 0.234 e. The van der Waals surface area contributed by atoms with Crippen molar-refractivity contribution in [2.75, 3.05) is 24.8 Å². The SMILES string of the molecule is COCCn1c(Cc2cccn2C)nnc1SCC(=O)Nc1ccc(C)cc1C. The van der Waals surface area contributed by atoms with Gasteiger partial charge in [-0.3, -0.25) is 4.79 Å². The molecule has 0 aliphatic heterocycles. The number of aromatic nitrogens is 4. The summed E-state index contributed by atoms with van der Waals surface area (Å²) in [6, 6.07) is 10.1. The van der Waals surface area contributed by atoms with Crippen molar-refractivity contribution in [2.45, 2.75) is 32.0 Å². The van der Waals surface area contributed by atoms with Crippen LogP contribution in [0.15, 0.2) is 41.7 Å². The van der Waals surface area contributed by atoms with E-state index in [0.29, 0.717) is 19.6 Å². The van der Waals surface area contributed by atoms with Gasteiger partial charge >= 0.3 is 0 Å². The molecule has 0 spiro atoms. The fourth-order valence-corrected chi connectivity index (χ4v) is 3.86. The van der Waals surface area contributed by atoms with Gasteiger partial charge in [0.1, 0.15) is 5.82 Å². The number of carbonyl (C=O) groups is 1. The van der Waals surface area contributed by atoms with E-state index in [-0.39, 0.29) is 11.7 Å². The van der Waals surface area contributed by atoms with E-state index in [1.807, 2.05) is 49.9 Å². The van der Waals surface area contributed by atoms with E-state index in [2.05, 4.69) is 32.2 Å². The number of aryl methyl sites for hydroxylation is 3. The number of rotatable bonds is 9. The van der Waals surface area contributed by atoms with E-state index in [1.165, 1.54) is 17.3 Å². The number of hydrogen-bond acceptors (Lipinski definition) is 5. The molecular weight excluding hydrogens is 386 g/mol. The van der Waals surface area contributed by atoms with Gasteiger partial charge in [-0.1, -0.05) is 29.5 Å². The van der Waals surface area contributed by atoms with Crippen molar-refractivity contribution in [2.24, 2.45) is 7.05 Å². The Kier molecular flexibility index (Phi) is 7.11. The highest BCUT2D eigenvalue weighted by molar-refractivity contribution is 7.99. The Balaban J connectivity index is 1.67. The fraction of sp³-hybridized carbons (Fsp3) is 0.381. The molecule has 2 heterocycles. The molecule has 8 heteroatoms. The van der Waals surface area contributed by atoms with Crippen LogP contribution in [0.4, 0.5) is 5.69 Å². The largest absolute Gasteiger partial charge is 0.383 e. The summed E-state index contributed by atoms with van der Waals surface area (Å²) in [5.41, 5.74) is 4.22. The number of carbonyl (C=O) groups excluding carboxylic acids is 1. The van der Waals surface area contributed by atoms with E-state index in [9.17, 15) is 4.79 Å². The first-order valence-corrected chi connectivity index (χ1v) is 10.5. The average molecular weight is 414 g/mol. The second-order valence-corrected chi connectivity index (χ2v) is 7.93. The molecule has 0 unspecified atom stereocenters. The van der Waals surface area contributed by atoms with Gasteiger partial charge in [0.2, 0.25) is 5.91 Å².